The number of benzene rings is 1. The Kier molecular flexibility index (Phi) is 6.72. The number of aromatic nitrogens is 2. The van der Waals surface area contributed by atoms with Crippen molar-refractivity contribution in [2.45, 2.75) is 19.1 Å². The Balaban J connectivity index is 2.01. The van der Waals surface area contributed by atoms with Gasteiger partial charge in [-0.15, -0.1) is 10.2 Å². The Hall–Kier alpha value is -2.19. The number of rotatable bonds is 8. The molecule has 0 unspecified atom stereocenters. The number of carbonyl (C=O) groups is 2. The average molecular weight is 382 g/mol. The first-order valence-corrected chi connectivity index (χ1v) is 8.75. The van der Waals surface area contributed by atoms with Gasteiger partial charge in [0, 0.05) is 16.3 Å². The molecule has 0 aliphatic heterocycles. The molecule has 2 aromatic rings. The largest absolute Gasteiger partial charge is 0.465 e. The van der Waals surface area contributed by atoms with Crippen molar-refractivity contribution in [3.05, 3.63) is 29.3 Å². The fourth-order valence-electron chi connectivity index (χ4n) is 1.97. The van der Waals surface area contributed by atoms with E-state index in [0.29, 0.717) is 16.5 Å². The van der Waals surface area contributed by atoms with Gasteiger partial charge in [0.05, 0.1) is 12.4 Å². The Bertz CT molecular complexity index is 776. The third kappa shape index (κ3) is 5.14. The highest BCUT2D eigenvalue weighted by Gasteiger charge is 2.30. The number of ether oxygens (including phenoxy) is 1. The lowest BCUT2D eigenvalue weighted by atomic mass is 10.0. The van der Waals surface area contributed by atoms with Gasteiger partial charge in [0.1, 0.15) is 0 Å². The zero-order valence-electron chi connectivity index (χ0n) is 13.6. The second-order valence-corrected chi connectivity index (χ2v) is 6.37. The van der Waals surface area contributed by atoms with Crippen LogP contribution in [0.5, 0.6) is 0 Å². The molecule has 1 N–H and O–H groups in total. The summed E-state index contributed by atoms with van der Waals surface area (Å²) in [6, 6.07) is 6.89. The topological polar surface area (TPSA) is 106 Å². The van der Waals surface area contributed by atoms with Gasteiger partial charge in [0.2, 0.25) is 5.89 Å². The quantitative estimate of drug-likeness (QED) is 0.323. The number of Topliss-reactive ketones (excluding diaryl/α,β-unsaturated/α-hetero) is 1. The first-order chi connectivity index (χ1) is 11.9. The van der Waals surface area contributed by atoms with Gasteiger partial charge in [0.25, 0.3) is 5.22 Å². The van der Waals surface area contributed by atoms with Gasteiger partial charge >= 0.3 is 5.97 Å². The summed E-state index contributed by atoms with van der Waals surface area (Å²) in [5, 5.41) is 16.2. The molecule has 1 aromatic heterocycles. The van der Waals surface area contributed by atoms with E-state index in [1.165, 1.54) is 6.92 Å². The summed E-state index contributed by atoms with van der Waals surface area (Å²) in [7, 11) is 0. The fourth-order valence-corrected chi connectivity index (χ4v) is 2.76. The molecule has 0 saturated heterocycles. The van der Waals surface area contributed by atoms with E-state index in [4.69, 9.17) is 26.2 Å². The molecule has 0 radical (unpaired) electrons. The molecule has 1 atom stereocenters. The number of carbonyl (C=O) groups excluding carboxylic acids is 2. The predicted octanol–water partition coefficient (Wildman–Crippen LogP) is 3.27. The summed E-state index contributed by atoms with van der Waals surface area (Å²) < 4.78 is 10.3. The monoisotopic (exact) mass is 381 g/mol. The van der Waals surface area contributed by atoms with Crippen LogP contribution >= 0.6 is 23.4 Å². The van der Waals surface area contributed by atoms with Crippen molar-refractivity contribution in [2.24, 2.45) is 5.92 Å². The SMILES string of the molecule is CCOC(=O)[C@H](C(C)=N)C(=O)CSc1nnc(-c2ccc(Cl)cc2)o1. The molecular formula is C16H16ClN3O4S. The van der Waals surface area contributed by atoms with Crippen LogP contribution < -0.4 is 0 Å². The van der Waals surface area contributed by atoms with Crippen molar-refractivity contribution in [1.29, 1.82) is 5.41 Å². The van der Waals surface area contributed by atoms with Crippen LogP contribution in [0.4, 0.5) is 0 Å². The van der Waals surface area contributed by atoms with E-state index < -0.39 is 17.7 Å². The van der Waals surface area contributed by atoms with Gasteiger partial charge in [-0.1, -0.05) is 23.4 Å². The number of hydrogen-bond donors (Lipinski definition) is 1. The van der Waals surface area contributed by atoms with Gasteiger partial charge in [-0.25, -0.2) is 0 Å². The summed E-state index contributed by atoms with van der Waals surface area (Å²) in [6.45, 7) is 3.19. The Labute approximate surface area is 153 Å². The van der Waals surface area contributed by atoms with Gasteiger partial charge in [-0.2, -0.15) is 0 Å². The minimum atomic E-state index is -1.20. The fraction of sp³-hybridized carbons (Fsp3) is 0.312. The van der Waals surface area contributed by atoms with Crippen molar-refractivity contribution in [3.8, 4) is 11.5 Å². The lowest BCUT2D eigenvalue weighted by Gasteiger charge is -2.12. The summed E-state index contributed by atoms with van der Waals surface area (Å²) >= 11 is 6.84. The third-order valence-corrected chi connectivity index (χ3v) is 4.21. The van der Waals surface area contributed by atoms with Crippen LogP contribution in [0.3, 0.4) is 0 Å². The van der Waals surface area contributed by atoms with E-state index in [1.54, 1.807) is 31.2 Å². The highest BCUT2D eigenvalue weighted by molar-refractivity contribution is 7.99. The zero-order chi connectivity index (χ0) is 18.4. The summed E-state index contributed by atoms with van der Waals surface area (Å²) in [5.41, 5.74) is 0.645. The molecule has 0 saturated carbocycles. The number of esters is 1. The van der Waals surface area contributed by atoms with Crippen LogP contribution in [0.25, 0.3) is 11.5 Å². The van der Waals surface area contributed by atoms with Crippen molar-refractivity contribution < 1.29 is 18.7 Å². The summed E-state index contributed by atoms with van der Waals surface area (Å²) in [4.78, 5) is 24.0. The molecule has 0 bridgehead atoms. The van der Waals surface area contributed by atoms with Gasteiger partial charge in [-0.3, -0.25) is 9.59 Å². The van der Waals surface area contributed by atoms with Crippen LogP contribution in [0.15, 0.2) is 33.9 Å². The van der Waals surface area contributed by atoms with E-state index in [-0.39, 0.29) is 23.3 Å². The number of nitrogens with zero attached hydrogens (tertiary/aromatic N) is 2. The molecule has 25 heavy (non-hydrogen) atoms. The standard InChI is InChI=1S/C16H16ClN3O4S/c1-3-23-15(22)13(9(2)18)12(21)8-25-16-20-19-14(24-16)10-4-6-11(17)7-5-10/h4-7,13,18H,3,8H2,1-2H3/t13-/m1/s1. The molecule has 0 aliphatic carbocycles. The molecule has 0 spiro atoms. The van der Waals surface area contributed by atoms with Crippen LogP contribution in [-0.4, -0.2) is 40.0 Å². The highest BCUT2D eigenvalue weighted by atomic mass is 35.5. The highest BCUT2D eigenvalue weighted by Crippen LogP contribution is 2.25. The third-order valence-electron chi connectivity index (χ3n) is 3.11. The summed E-state index contributed by atoms with van der Waals surface area (Å²) in [5.74, 6) is -2.14. The zero-order valence-corrected chi connectivity index (χ0v) is 15.2. The number of halogens is 1. The predicted molar refractivity (Wildman–Crippen MR) is 94.0 cm³/mol. The number of thioether (sulfide) groups is 1. The molecule has 132 valence electrons. The van der Waals surface area contributed by atoms with Gasteiger partial charge < -0.3 is 14.6 Å². The Morgan fingerprint density at radius 1 is 1.32 bits per heavy atom. The van der Waals surface area contributed by atoms with Crippen molar-refractivity contribution in [3.63, 3.8) is 0 Å². The molecule has 0 aliphatic rings. The maximum Gasteiger partial charge on any atom is 0.322 e. The summed E-state index contributed by atoms with van der Waals surface area (Å²) in [6.07, 6.45) is 0. The minimum Gasteiger partial charge on any atom is -0.465 e. The maximum absolute atomic E-state index is 12.2. The van der Waals surface area contributed by atoms with Gasteiger partial charge in [0.15, 0.2) is 11.7 Å². The molecule has 1 aromatic carbocycles. The van der Waals surface area contributed by atoms with Crippen LogP contribution in [0.2, 0.25) is 5.02 Å². The second-order valence-electron chi connectivity index (χ2n) is 5.00. The molecule has 0 amide bonds. The maximum atomic E-state index is 12.2. The van der Waals surface area contributed by atoms with Gasteiger partial charge in [-0.05, 0) is 38.1 Å². The van der Waals surface area contributed by atoms with Crippen molar-refractivity contribution in [2.75, 3.05) is 12.4 Å². The molecule has 1 heterocycles. The van der Waals surface area contributed by atoms with E-state index in [9.17, 15) is 9.59 Å². The van der Waals surface area contributed by atoms with E-state index in [0.717, 1.165) is 11.8 Å². The van der Waals surface area contributed by atoms with Crippen LogP contribution in [0.1, 0.15) is 13.8 Å². The minimum absolute atomic E-state index is 0.0589. The van der Waals surface area contributed by atoms with Crippen LogP contribution in [0, 0.1) is 11.3 Å². The van der Waals surface area contributed by atoms with E-state index >= 15 is 0 Å². The second kappa shape index (κ2) is 8.77. The molecule has 0 fully saturated rings. The van der Waals surface area contributed by atoms with Crippen molar-refractivity contribution >= 4 is 40.8 Å². The first kappa shape index (κ1) is 19.1. The number of hydrogen-bond acceptors (Lipinski definition) is 8. The first-order valence-electron chi connectivity index (χ1n) is 7.39. The average Bonchev–Trinajstić information content (AvgIpc) is 3.02. The Morgan fingerprint density at radius 2 is 2.00 bits per heavy atom. The Morgan fingerprint density at radius 3 is 2.60 bits per heavy atom. The van der Waals surface area contributed by atoms with Crippen LogP contribution in [-0.2, 0) is 14.3 Å². The lowest BCUT2D eigenvalue weighted by molar-refractivity contribution is -0.148. The smallest absolute Gasteiger partial charge is 0.322 e. The molecule has 7 nitrogen and oxygen atoms in total. The van der Waals surface area contributed by atoms with E-state index in [2.05, 4.69) is 10.2 Å². The molecule has 9 heteroatoms. The normalized spacial score (nSPS) is 11.8. The van der Waals surface area contributed by atoms with Crippen molar-refractivity contribution in [1.82, 2.24) is 10.2 Å². The number of nitrogens with one attached hydrogen (secondary N) is 1. The molecule has 2 rings (SSSR count). The van der Waals surface area contributed by atoms with E-state index in [1.807, 2.05) is 0 Å². The lowest BCUT2D eigenvalue weighted by Crippen LogP contribution is -2.32. The number of ketones is 1. The molecular weight excluding hydrogens is 366 g/mol.